The van der Waals surface area contributed by atoms with Gasteiger partial charge in [-0.25, -0.2) is 23.0 Å². The van der Waals surface area contributed by atoms with Gasteiger partial charge >= 0.3 is 11.9 Å². The lowest BCUT2D eigenvalue weighted by Gasteiger charge is -2.15. The molecule has 128 valence electrons. The van der Waals surface area contributed by atoms with Gasteiger partial charge in [-0.1, -0.05) is 33.1 Å². The summed E-state index contributed by atoms with van der Waals surface area (Å²) in [5.41, 5.74) is -1.30. The number of rotatable bonds is 9. The lowest BCUT2D eigenvalue weighted by molar-refractivity contribution is 0.0646. The van der Waals surface area contributed by atoms with Crippen molar-refractivity contribution in [2.24, 2.45) is 5.92 Å². The molecule has 0 aromatic carbocycles. The van der Waals surface area contributed by atoms with Gasteiger partial charge < -0.3 is 10.2 Å². The van der Waals surface area contributed by atoms with Crippen molar-refractivity contribution in [1.29, 1.82) is 0 Å². The van der Waals surface area contributed by atoms with Crippen LogP contribution in [0.5, 0.6) is 0 Å². The molecule has 7 nitrogen and oxygen atoms in total. The van der Waals surface area contributed by atoms with Crippen molar-refractivity contribution < 1.29 is 28.2 Å². The highest BCUT2D eigenvalue weighted by atomic mass is 32.2. The third-order valence-electron chi connectivity index (χ3n) is 3.65. The molecule has 1 unspecified atom stereocenters. The molecule has 1 rings (SSSR count). The molecule has 1 aromatic rings. The summed E-state index contributed by atoms with van der Waals surface area (Å²) in [6.07, 6.45) is 4.28. The van der Waals surface area contributed by atoms with Crippen molar-refractivity contribution in [3.63, 3.8) is 0 Å². The van der Waals surface area contributed by atoms with Crippen LogP contribution in [-0.2, 0) is 9.84 Å². The maximum atomic E-state index is 12.4. The van der Waals surface area contributed by atoms with Crippen LogP contribution in [0.15, 0.2) is 17.2 Å². The minimum Gasteiger partial charge on any atom is -0.478 e. The van der Waals surface area contributed by atoms with Crippen LogP contribution in [0.4, 0.5) is 0 Å². The third-order valence-corrected chi connectivity index (χ3v) is 5.50. The standard InChI is InChI=1S/C15H21NO6S/c1-3-5-6-10(4-2)9-23(21,22)11-7-12(14(17)18)13(15(19)20)16-8-11/h7-8,10H,3-6,9H2,1-2H3,(H,17,18)(H,19,20). The van der Waals surface area contributed by atoms with Gasteiger partial charge in [0.2, 0.25) is 0 Å². The van der Waals surface area contributed by atoms with E-state index < -0.39 is 33.0 Å². The molecular weight excluding hydrogens is 322 g/mol. The fourth-order valence-corrected chi connectivity index (χ4v) is 3.98. The number of aromatic carboxylic acids is 2. The number of sulfone groups is 1. The molecule has 0 saturated carbocycles. The molecule has 2 N–H and O–H groups in total. The van der Waals surface area contributed by atoms with Crippen LogP contribution in [0.1, 0.15) is 60.4 Å². The number of hydrogen-bond donors (Lipinski definition) is 2. The molecule has 1 atom stereocenters. The molecule has 23 heavy (non-hydrogen) atoms. The van der Waals surface area contributed by atoms with E-state index >= 15 is 0 Å². The first-order valence-corrected chi connectivity index (χ1v) is 9.07. The molecule has 0 bridgehead atoms. The van der Waals surface area contributed by atoms with Crippen molar-refractivity contribution in [1.82, 2.24) is 4.98 Å². The van der Waals surface area contributed by atoms with E-state index in [9.17, 15) is 18.0 Å². The number of aromatic nitrogens is 1. The molecular formula is C15H21NO6S. The van der Waals surface area contributed by atoms with Gasteiger partial charge in [0.25, 0.3) is 0 Å². The number of carboxylic acids is 2. The van der Waals surface area contributed by atoms with Crippen LogP contribution >= 0.6 is 0 Å². The quantitative estimate of drug-likeness (QED) is 0.706. The molecule has 0 amide bonds. The molecule has 0 radical (unpaired) electrons. The fourth-order valence-electron chi connectivity index (χ4n) is 2.25. The maximum Gasteiger partial charge on any atom is 0.355 e. The molecule has 0 aliphatic heterocycles. The number of carboxylic acid groups (broad SMARTS) is 2. The Bertz CT molecular complexity index is 683. The Kier molecular flexibility index (Phi) is 6.68. The average Bonchev–Trinajstić information content (AvgIpc) is 2.50. The molecule has 0 aliphatic carbocycles. The Hall–Kier alpha value is -1.96. The highest BCUT2D eigenvalue weighted by molar-refractivity contribution is 7.91. The monoisotopic (exact) mass is 343 g/mol. The zero-order valence-corrected chi connectivity index (χ0v) is 14.0. The summed E-state index contributed by atoms with van der Waals surface area (Å²) >= 11 is 0. The van der Waals surface area contributed by atoms with Crippen molar-refractivity contribution in [2.75, 3.05) is 5.75 Å². The largest absolute Gasteiger partial charge is 0.478 e. The van der Waals surface area contributed by atoms with E-state index in [4.69, 9.17) is 10.2 Å². The van der Waals surface area contributed by atoms with Gasteiger partial charge in [0.15, 0.2) is 15.5 Å². The molecule has 8 heteroatoms. The topological polar surface area (TPSA) is 122 Å². The zero-order chi connectivity index (χ0) is 17.6. The smallest absolute Gasteiger partial charge is 0.355 e. The summed E-state index contributed by atoms with van der Waals surface area (Å²) in [6, 6.07) is 0.876. The molecule has 0 aliphatic rings. The second kappa shape index (κ2) is 8.05. The van der Waals surface area contributed by atoms with Gasteiger partial charge in [0.1, 0.15) is 0 Å². The molecule has 1 aromatic heterocycles. The summed E-state index contributed by atoms with van der Waals surface area (Å²) in [7, 11) is -3.72. The van der Waals surface area contributed by atoms with Gasteiger partial charge in [-0.05, 0) is 18.4 Å². The minimum atomic E-state index is -3.72. The van der Waals surface area contributed by atoms with Crippen molar-refractivity contribution in [3.05, 3.63) is 23.5 Å². The minimum absolute atomic E-state index is 0.0209. The predicted octanol–water partition coefficient (Wildman–Crippen LogP) is 2.47. The Morgan fingerprint density at radius 1 is 1.22 bits per heavy atom. The summed E-state index contributed by atoms with van der Waals surface area (Å²) in [5.74, 6) is -3.16. The highest BCUT2D eigenvalue weighted by Gasteiger charge is 2.25. The third kappa shape index (κ3) is 5.02. The van der Waals surface area contributed by atoms with Crippen LogP contribution in [0.3, 0.4) is 0 Å². The lowest BCUT2D eigenvalue weighted by atomic mass is 10.0. The highest BCUT2D eigenvalue weighted by Crippen LogP contribution is 2.21. The normalized spacial score (nSPS) is 12.8. The first-order chi connectivity index (χ1) is 10.7. The van der Waals surface area contributed by atoms with Gasteiger partial charge in [-0.15, -0.1) is 0 Å². The number of unbranched alkanes of at least 4 members (excludes halogenated alkanes) is 1. The second-order valence-electron chi connectivity index (χ2n) is 5.38. The Balaban J connectivity index is 3.16. The van der Waals surface area contributed by atoms with Crippen LogP contribution in [0.2, 0.25) is 0 Å². The molecule has 0 spiro atoms. The number of carbonyl (C=O) groups is 2. The van der Waals surface area contributed by atoms with Crippen molar-refractivity contribution >= 4 is 21.8 Å². The van der Waals surface area contributed by atoms with Crippen LogP contribution in [0.25, 0.3) is 0 Å². The Morgan fingerprint density at radius 3 is 2.35 bits per heavy atom. The van der Waals surface area contributed by atoms with Crippen LogP contribution < -0.4 is 0 Å². The van der Waals surface area contributed by atoms with E-state index in [1.54, 1.807) is 0 Å². The number of pyridine rings is 1. The van der Waals surface area contributed by atoms with Gasteiger partial charge in [0.05, 0.1) is 16.2 Å². The lowest BCUT2D eigenvalue weighted by Crippen LogP contribution is -2.18. The van der Waals surface area contributed by atoms with E-state index in [1.165, 1.54) is 0 Å². The Morgan fingerprint density at radius 2 is 1.87 bits per heavy atom. The Labute approximate surface area is 135 Å². The van der Waals surface area contributed by atoms with Crippen molar-refractivity contribution in [3.8, 4) is 0 Å². The van der Waals surface area contributed by atoms with Gasteiger partial charge in [-0.2, -0.15) is 0 Å². The van der Waals surface area contributed by atoms with Crippen molar-refractivity contribution in [2.45, 2.75) is 44.4 Å². The van der Waals surface area contributed by atoms with E-state index in [-0.39, 0.29) is 16.6 Å². The van der Waals surface area contributed by atoms with Gasteiger partial charge in [-0.3, -0.25) is 0 Å². The second-order valence-corrected chi connectivity index (χ2v) is 7.41. The molecule has 1 heterocycles. The SMILES string of the molecule is CCCCC(CC)CS(=O)(=O)c1cnc(C(=O)O)c(C(=O)O)c1. The summed E-state index contributed by atoms with van der Waals surface area (Å²) in [5, 5.41) is 18.0. The van der Waals surface area contributed by atoms with E-state index in [0.717, 1.165) is 31.5 Å². The molecule has 0 saturated heterocycles. The fraction of sp³-hybridized carbons (Fsp3) is 0.533. The number of nitrogens with zero attached hydrogens (tertiary/aromatic N) is 1. The summed E-state index contributed by atoms with van der Waals surface area (Å²) in [6.45, 7) is 3.93. The van der Waals surface area contributed by atoms with E-state index in [0.29, 0.717) is 6.42 Å². The average molecular weight is 343 g/mol. The van der Waals surface area contributed by atoms with E-state index in [1.807, 2.05) is 13.8 Å². The van der Waals surface area contributed by atoms with Gasteiger partial charge in [0, 0.05) is 6.20 Å². The summed E-state index contributed by atoms with van der Waals surface area (Å²) < 4.78 is 24.9. The zero-order valence-electron chi connectivity index (χ0n) is 13.2. The van der Waals surface area contributed by atoms with Crippen LogP contribution in [-0.4, -0.2) is 41.3 Å². The van der Waals surface area contributed by atoms with Crippen LogP contribution in [0, 0.1) is 5.92 Å². The molecule has 0 fully saturated rings. The maximum absolute atomic E-state index is 12.4. The van der Waals surface area contributed by atoms with E-state index in [2.05, 4.69) is 4.98 Å². The summed E-state index contributed by atoms with van der Waals surface area (Å²) in [4.78, 5) is 25.3. The number of hydrogen-bond acceptors (Lipinski definition) is 5. The first-order valence-electron chi connectivity index (χ1n) is 7.42. The first kappa shape index (κ1) is 19.1. The predicted molar refractivity (Wildman–Crippen MR) is 83.5 cm³/mol.